The topological polar surface area (TPSA) is 37.8 Å². The van der Waals surface area contributed by atoms with Crippen molar-refractivity contribution < 1.29 is 13.9 Å². The predicted molar refractivity (Wildman–Crippen MR) is 119 cm³/mol. The second kappa shape index (κ2) is 9.45. The van der Waals surface area contributed by atoms with Crippen LogP contribution in [0.5, 0.6) is 11.5 Å². The van der Waals surface area contributed by atoms with Crippen LogP contribution >= 0.6 is 11.3 Å². The lowest BCUT2D eigenvalue weighted by atomic mass is 10.2. The minimum Gasteiger partial charge on any atom is -0.493 e. The predicted octanol–water partition coefficient (Wildman–Crippen LogP) is 4.68. The lowest BCUT2D eigenvalue weighted by Gasteiger charge is -2.23. The summed E-state index contributed by atoms with van der Waals surface area (Å²) >= 11 is 1.62. The Kier molecular flexibility index (Phi) is 6.50. The van der Waals surface area contributed by atoms with E-state index in [-0.39, 0.29) is 5.82 Å². The lowest BCUT2D eigenvalue weighted by Crippen LogP contribution is -2.30. The molecule has 0 amide bonds. The number of para-hydroxylation sites is 1. The Morgan fingerprint density at radius 2 is 1.83 bits per heavy atom. The summed E-state index contributed by atoms with van der Waals surface area (Å²) in [5.74, 6) is 1.23. The quantitative estimate of drug-likeness (QED) is 0.571. The van der Waals surface area contributed by atoms with E-state index in [9.17, 15) is 4.39 Å². The number of hydrogen-bond acceptors (Lipinski definition) is 6. The minimum atomic E-state index is -0.192. The van der Waals surface area contributed by atoms with E-state index in [2.05, 4.69) is 15.2 Å². The minimum absolute atomic E-state index is 0.192. The smallest absolute Gasteiger partial charge is 0.170 e. The van der Waals surface area contributed by atoms with Crippen molar-refractivity contribution >= 4 is 17.0 Å². The van der Waals surface area contributed by atoms with Gasteiger partial charge in [0.2, 0.25) is 0 Å². The van der Waals surface area contributed by atoms with E-state index >= 15 is 0 Å². The molecule has 2 aromatic carbocycles. The molecule has 1 aliphatic heterocycles. The second-order valence-electron chi connectivity index (χ2n) is 7.28. The van der Waals surface area contributed by atoms with Gasteiger partial charge in [0.1, 0.15) is 10.8 Å². The van der Waals surface area contributed by atoms with E-state index < -0.39 is 0 Å². The van der Waals surface area contributed by atoms with E-state index in [0.717, 1.165) is 61.1 Å². The lowest BCUT2D eigenvalue weighted by molar-refractivity contribution is 0.282. The number of nitrogens with zero attached hydrogens (tertiary/aromatic N) is 3. The number of anilines is 1. The first-order valence-electron chi connectivity index (χ1n) is 10.1. The van der Waals surface area contributed by atoms with Crippen LogP contribution in [0.4, 0.5) is 10.1 Å². The van der Waals surface area contributed by atoms with Crippen LogP contribution in [0.25, 0.3) is 10.6 Å². The molecule has 1 saturated heterocycles. The monoisotopic (exact) mass is 427 g/mol. The maximum Gasteiger partial charge on any atom is 0.170 e. The molecule has 2 heterocycles. The van der Waals surface area contributed by atoms with Crippen LogP contribution < -0.4 is 14.4 Å². The number of thiazole rings is 1. The zero-order chi connectivity index (χ0) is 20.9. The Hall–Kier alpha value is -2.64. The molecule has 0 saturated carbocycles. The van der Waals surface area contributed by atoms with Gasteiger partial charge in [0.15, 0.2) is 11.5 Å². The Labute approximate surface area is 180 Å². The zero-order valence-corrected chi connectivity index (χ0v) is 18.1. The van der Waals surface area contributed by atoms with Crippen LogP contribution in [0.1, 0.15) is 12.1 Å². The highest BCUT2D eigenvalue weighted by Crippen LogP contribution is 2.39. The van der Waals surface area contributed by atoms with Gasteiger partial charge in [-0.3, -0.25) is 4.90 Å². The number of rotatable bonds is 6. The molecule has 0 spiro atoms. The van der Waals surface area contributed by atoms with Crippen LogP contribution in [-0.2, 0) is 6.54 Å². The van der Waals surface area contributed by atoms with Crippen LogP contribution in [0.2, 0.25) is 0 Å². The zero-order valence-electron chi connectivity index (χ0n) is 17.3. The average molecular weight is 428 g/mol. The van der Waals surface area contributed by atoms with Gasteiger partial charge in [-0.2, -0.15) is 0 Å². The molecule has 3 aromatic rings. The van der Waals surface area contributed by atoms with Crippen molar-refractivity contribution in [3.8, 4) is 22.1 Å². The molecule has 0 aliphatic carbocycles. The molecule has 7 heteroatoms. The molecule has 0 atom stereocenters. The first-order chi connectivity index (χ1) is 14.7. The van der Waals surface area contributed by atoms with Crippen molar-refractivity contribution in [2.24, 2.45) is 0 Å². The van der Waals surface area contributed by atoms with Gasteiger partial charge in [-0.05, 0) is 42.8 Å². The fourth-order valence-electron chi connectivity index (χ4n) is 3.83. The van der Waals surface area contributed by atoms with Gasteiger partial charge in [-0.1, -0.05) is 6.07 Å². The first-order valence-corrected chi connectivity index (χ1v) is 10.9. The van der Waals surface area contributed by atoms with Gasteiger partial charge in [0, 0.05) is 43.8 Å². The standard InChI is InChI=1S/C23H26FN3O2S/c1-28-21-6-3-5-20(22(21)29-2)23-25-18(16-30-23)15-26-11-4-12-27(14-13-26)19-9-7-17(24)8-10-19/h3,5-10,16H,4,11-15H2,1-2H3. The SMILES string of the molecule is COc1cccc(-c2nc(CN3CCCN(c4ccc(F)cc4)CC3)cs2)c1OC. The summed E-state index contributed by atoms with van der Waals surface area (Å²) in [5.41, 5.74) is 3.10. The Balaban J connectivity index is 1.42. The highest BCUT2D eigenvalue weighted by molar-refractivity contribution is 7.13. The van der Waals surface area contributed by atoms with Crippen molar-refractivity contribution in [1.82, 2.24) is 9.88 Å². The highest BCUT2D eigenvalue weighted by atomic mass is 32.1. The van der Waals surface area contributed by atoms with Gasteiger partial charge >= 0.3 is 0 Å². The maximum absolute atomic E-state index is 13.2. The average Bonchev–Trinajstić information content (AvgIpc) is 3.11. The van der Waals surface area contributed by atoms with Gasteiger partial charge in [-0.25, -0.2) is 9.37 Å². The molecule has 158 valence electrons. The summed E-state index contributed by atoms with van der Waals surface area (Å²) < 4.78 is 24.2. The summed E-state index contributed by atoms with van der Waals surface area (Å²) in [5, 5.41) is 3.06. The van der Waals surface area contributed by atoms with Gasteiger partial charge in [0.25, 0.3) is 0 Å². The number of aromatic nitrogens is 1. The third-order valence-electron chi connectivity index (χ3n) is 5.35. The molecule has 1 aliphatic rings. The van der Waals surface area contributed by atoms with Gasteiger partial charge < -0.3 is 14.4 Å². The van der Waals surface area contributed by atoms with Crippen LogP contribution in [-0.4, -0.2) is 50.3 Å². The van der Waals surface area contributed by atoms with Crippen molar-refractivity contribution in [2.45, 2.75) is 13.0 Å². The molecule has 0 unspecified atom stereocenters. The Morgan fingerprint density at radius 1 is 1.00 bits per heavy atom. The van der Waals surface area contributed by atoms with E-state index in [1.54, 1.807) is 25.6 Å². The van der Waals surface area contributed by atoms with Crippen LogP contribution in [0.15, 0.2) is 47.8 Å². The molecule has 0 bridgehead atoms. The molecule has 0 radical (unpaired) electrons. The third kappa shape index (κ3) is 4.57. The fourth-order valence-corrected chi connectivity index (χ4v) is 4.66. The third-order valence-corrected chi connectivity index (χ3v) is 6.28. The number of ether oxygens (including phenoxy) is 2. The van der Waals surface area contributed by atoms with Crippen molar-refractivity contribution in [1.29, 1.82) is 0 Å². The molecular weight excluding hydrogens is 401 g/mol. The maximum atomic E-state index is 13.2. The fraction of sp³-hybridized carbons (Fsp3) is 0.348. The van der Waals surface area contributed by atoms with E-state index in [1.165, 1.54) is 12.1 Å². The summed E-state index contributed by atoms with van der Waals surface area (Å²) in [4.78, 5) is 9.62. The molecule has 5 nitrogen and oxygen atoms in total. The largest absolute Gasteiger partial charge is 0.493 e. The van der Waals surface area contributed by atoms with Crippen molar-refractivity contribution in [3.63, 3.8) is 0 Å². The van der Waals surface area contributed by atoms with Gasteiger partial charge in [0.05, 0.1) is 25.5 Å². The van der Waals surface area contributed by atoms with Crippen LogP contribution in [0, 0.1) is 5.82 Å². The van der Waals surface area contributed by atoms with E-state index in [1.807, 2.05) is 30.3 Å². The Bertz CT molecular complexity index is 977. The normalized spacial score (nSPS) is 15.1. The Morgan fingerprint density at radius 3 is 2.60 bits per heavy atom. The van der Waals surface area contributed by atoms with Crippen molar-refractivity contribution in [3.05, 3.63) is 59.4 Å². The number of hydrogen-bond donors (Lipinski definition) is 0. The van der Waals surface area contributed by atoms with E-state index in [4.69, 9.17) is 14.5 Å². The molecular formula is C23H26FN3O2S. The summed E-state index contributed by atoms with van der Waals surface area (Å²) in [6.07, 6.45) is 1.07. The molecule has 1 aromatic heterocycles. The molecule has 0 N–H and O–H groups in total. The summed E-state index contributed by atoms with van der Waals surface area (Å²) in [7, 11) is 3.30. The van der Waals surface area contributed by atoms with Gasteiger partial charge in [-0.15, -0.1) is 11.3 Å². The summed E-state index contributed by atoms with van der Waals surface area (Å²) in [6.45, 7) is 4.69. The number of halogens is 1. The second-order valence-corrected chi connectivity index (χ2v) is 8.14. The van der Waals surface area contributed by atoms with Crippen molar-refractivity contribution in [2.75, 3.05) is 45.3 Å². The molecule has 4 rings (SSSR count). The molecule has 1 fully saturated rings. The molecule has 30 heavy (non-hydrogen) atoms. The first kappa shape index (κ1) is 20.6. The van der Waals surface area contributed by atoms with E-state index in [0.29, 0.717) is 11.5 Å². The number of benzene rings is 2. The van der Waals surface area contributed by atoms with Crippen LogP contribution in [0.3, 0.4) is 0 Å². The summed E-state index contributed by atoms with van der Waals surface area (Å²) in [6, 6.07) is 12.6. The highest BCUT2D eigenvalue weighted by Gasteiger charge is 2.18. The number of methoxy groups -OCH3 is 2.